The lowest BCUT2D eigenvalue weighted by Gasteiger charge is -2.06. The summed E-state index contributed by atoms with van der Waals surface area (Å²) in [5, 5.41) is 3.26. The number of hydrogen-bond donors (Lipinski definition) is 1. The Balaban J connectivity index is 1.72. The van der Waals surface area contributed by atoms with Crippen LogP contribution in [0.2, 0.25) is 0 Å². The number of nitrogens with one attached hydrogen (secondary N) is 1. The van der Waals surface area contributed by atoms with E-state index in [9.17, 15) is 0 Å². The van der Waals surface area contributed by atoms with Gasteiger partial charge in [-0.05, 0) is 17.7 Å². The molecule has 1 aromatic carbocycles. The number of rotatable bonds is 3. The third-order valence-corrected chi connectivity index (χ3v) is 2.71. The largest absolute Gasteiger partial charge is 0.454 e. The molecule has 0 fully saturated rings. The van der Waals surface area contributed by atoms with E-state index in [0.29, 0.717) is 13.3 Å². The molecule has 0 saturated carbocycles. The van der Waals surface area contributed by atoms with Crippen LogP contribution in [0.5, 0.6) is 11.5 Å². The summed E-state index contributed by atoms with van der Waals surface area (Å²) in [6.07, 6.45) is 3.67. The van der Waals surface area contributed by atoms with Gasteiger partial charge in [-0.15, -0.1) is 0 Å². The Kier molecular flexibility index (Phi) is 2.36. The van der Waals surface area contributed by atoms with Crippen molar-refractivity contribution in [2.45, 2.75) is 6.54 Å². The number of nitrogens with zero attached hydrogens (tertiary/aromatic N) is 2. The van der Waals surface area contributed by atoms with Gasteiger partial charge in [0.15, 0.2) is 11.5 Å². The number of ether oxygens (including phenoxy) is 2. The summed E-state index contributed by atoms with van der Waals surface area (Å²) in [7, 11) is 1.95. The van der Waals surface area contributed by atoms with Crippen LogP contribution in [-0.2, 0) is 13.6 Å². The van der Waals surface area contributed by atoms with Gasteiger partial charge in [0.05, 0.1) is 0 Å². The van der Waals surface area contributed by atoms with Crippen LogP contribution in [0, 0.1) is 0 Å². The molecule has 2 aromatic rings. The van der Waals surface area contributed by atoms with Crippen LogP contribution in [0.4, 0.5) is 5.95 Å². The molecular formula is C12H13N3O2. The Morgan fingerprint density at radius 2 is 2.24 bits per heavy atom. The van der Waals surface area contributed by atoms with Crippen molar-refractivity contribution in [1.29, 1.82) is 0 Å². The molecule has 1 aliphatic heterocycles. The quantitative estimate of drug-likeness (QED) is 0.874. The molecule has 1 aromatic heterocycles. The van der Waals surface area contributed by atoms with Gasteiger partial charge < -0.3 is 19.4 Å². The highest BCUT2D eigenvalue weighted by atomic mass is 16.7. The molecule has 88 valence electrons. The van der Waals surface area contributed by atoms with Crippen molar-refractivity contribution in [3.8, 4) is 11.5 Å². The van der Waals surface area contributed by atoms with Gasteiger partial charge in [-0.2, -0.15) is 0 Å². The lowest BCUT2D eigenvalue weighted by atomic mass is 10.2. The Labute approximate surface area is 99.0 Å². The van der Waals surface area contributed by atoms with E-state index in [1.807, 2.05) is 36.0 Å². The lowest BCUT2D eigenvalue weighted by Crippen LogP contribution is -2.04. The monoisotopic (exact) mass is 231 g/mol. The highest BCUT2D eigenvalue weighted by Crippen LogP contribution is 2.32. The molecule has 5 heteroatoms. The minimum absolute atomic E-state index is 0.311. The molecule has 0 bridgehead atoms. The summed E-state index contributed by atoms with van der Waals surface area (Å²) in [4.78, 5) is 4.20. The van der Waals surface area contributed by atoms with Crippen molar-refractivity contribution < 1.29 is 9.47 Å². The van der Waals surface area contributed by atoms with E-state index < -0.39 is 0 Å². The zero-order valence-electron chi connectivity index (χ0n) is 9.51. The first-order valence-corrected chi connectivity index (χ1v) is 5.42. The van der Waals surface area contributed by atoms with Crippen LogP contribution in [0.1, 0.15) is 5.56 Å². The number of fused-ring (bicyclic) bond motifs is 1. The second kappa shape index (κ2) is 4.01. The molecule has 5 nitrogen and oxygen atoms in total. The molecule has 0 saturated heterocycles. The Morgan fingerprint density at radius 3 is 3.06 bits per heavy atom. The van der Waals surface area contributed by atoms with E-state index in [1.54, 1.807) is 6.20 Å². The van der Waals surface area contributed by atoms with Crippen molar-refractivity contribution in [2.24, 2.45) is 7.05 Å². The summed E-state index contributed by atoms with van der Waals surface area (Å²) in [5.41, 5.74) is 1.14. The van der Waals surface area contributed by atoms with E-state index in [0.717, 1.165) is 23.0 Å². The Morgan fingerprint density at radius 1 is 1.35 bits per heavy atom. The summed E-state index contributed by atoms with van der Waals surface area (Å²) < 4.78 is 12.5. The van der Waals surface area contributed by atoms with Crippen LogP contribution in [0.25, 0.3) is 0 Å². The topological polar surface area (TPSA) is 48.3 Å². The fourth-order valence-corrected chi connectivity index (χ4v) is 1.77. The maximum atomic E-state index is 5.33. The van der Waals surface area contributed by atoms with Gasteiger partial charge in [0, 0.05) is 26.0 Å². The first kappa shape index (κ1) is 10.0. The van der Waals surface area contributed by atoms with Crippen molar-refractivity contribution in [1.82, 2.24) is 9.55 Å². The molecule has 0 radical (unpaired) electrons. The number of hydrogen-bond acceptors (Lipinski definition) is 4. The van der Waals surface area contributed by atoms with Gasteiger partial charge in [-0.1, -0.05) is 6.07 Å². The highest BCUT2D eigenvalue weighted by molar-refractivity contribution is 5.45. The summed E-state index contributed by atoms with van der Waals surface area (Å²) >= 11 is 0. The summed E-state index contributed by atoms with van der Waals surface area (Å²) in [6, 6.07) is 5.93. The molecule has 1 aliphatic rings. The number of anilines is 1. The maximum Gasteiger partial charge on any atom is 0.231 e. The van der Waals surface area contributed by atoms with E-state index in [1.165, 1.54) is 0 Å². The van der Waals surface area contributed by atoms with Crippen LogP contribution in [0.15, 0.2) is 30.6 Å². The molecule has 0 atom stereocenters. The third kappa shape index (κ3) is 1.91. The van der Waals surface area contributed by atoms with E-state index in [4.69, 9.17) is 9.47 Å². The van der Waals surface area contributed by atoms with Crippen LogP contribution >= 0.6 is 0 Å². The number of benzene rings is 1. The van der Waals surface area contributed by atoms with Crippen LogP contribution < -0.4 is 14.8 Å². The Bertz CT molecular complexity index is 536. The van der Waals surface area contributed by atoms with E-state index in [2.05, 4.69) is 10.3 Å². The standard InChI is InChI=1S/C12H13N3O2/c1-15-5-4-13-12(15)14-7-9-2-3-10-11(6-9)17-8-16-10/h2-6H,7-8H2,1H3,(H,13,14). The molecule has 17 heavy (non-hydrogen) atoms. The predicted molar refractivity (Wildman–Crippen MR) is 63.1 cm³/mol. The zero-order chi connectivity index (χ0) is 11.7. The smallest absolute Gasteiger partial charge is 0.231 e. The average Bonchev–Trinajstić information content (AvgIpc) is 2.94. The van der Waals surface area contributed by atoms with Crippen molar-refractivity contribution in [3.63, 3.8) is 0 Å². The number of aryl methyl sites for hydroxylation is 1. The van der Waals surface area contributed by atoms with Gasteiger partial charge in [-0.25, -0.2) is 4.98 Å². The van der Waals surface area contributed by atoms with Gasteiger partial charge in [0.25, 0.3) is 0 Å². The average molecular weight is 231 g/mol. The fraction of sp³-hybridized carbons (Fsp3) is 0.250. The summed E-state index contributed by atoms with van der Waals surface area (Å²) in [5.74, 6) is 2.47. The minimum atomic E-state index is 0.311. The fourth-order valence-electron chi connectivity index (χ4n) is 1.77. The molecular weight excluding hydrogens is 218 g/mol. The second-order valence-electron chi connectivity index (χ2n) is 3.90. The third-order valence-electron chi connectivity index (χ3n) is 2.71. The highest BCUT2D eigenvalue weighted by Gasteiger charge is 2.13. The molecule has 1 N–H and O–H groups in total. The number of imidazole rings is 1. The van der Waals surface area contributed by atoms with Crippen molar-refractivity contribution in [3.05, 3.63) is 36.2 Å². The molecule has 0 aliphatic carbocycles. The molecule has 0 spiro atoms. The first-order chi connectivity index (χ1) is 8.33. The van der Waals surface area contributed by atoms with Gasteiger partial charge in [0.2, 0.25) is 12.7 Å². The van der Waals surface area contributed by atoms with Gasteiger partial charge >= 0.3 is 0 Å². The lowest BCUT2D eigenvalue weighted by molar-refractivity contribution is 0.174. The number of aromatic nitrogens is 2. The van der Waals surface area contributed by atoms with Crippen molar-refractivity contribution >= 4 is 5.95 Å². The van der Waals surface area contributed by atoms with Crippen LogP contribution in [0.3, 0.4) is 0 Å². The van der Waals surface area contributed by atoms with Crippen molar-refractivity contribution in [2.75, 3.05) is 12.1 Å². The van der Waals surface area contributed by atoms with Gasteiger partial charge in [0.1, 0.15) is 0 Å². The molecule has 0 amide bonds. The molecule has 0 unspecified atom stereocenters. The van der Waals surface area contributed by atoms with E-state index in [-0.39, 0.29) is 0 Å². The normalized spacial score (nSPS) is 12.8. The SMILES string of the molecule is Cn1ccnc1NCc1ccc2c(c1)OCO2. The second-order valence-corrected chi connectivity index (χ2v) is 3.90. The minimum Gasteiger partial charge on any atom is -0.454 e. The van der Waals surface area contributed by atoms with Gasteiger partial charge in [-0.3, -0.25) is 0 Å². The maximum absolute atomic E-state index is 5.33. The van der Waals surface area contributed by atoms with Crippen LogP contribution in [-0.4, -0.2) is 16.3 Å². The Hall–Kier alpha value is -2.17. The summed E-state index contributed by atoms with van der Waals surface area (Å²) in [6.45, 7) is 1.02. The van der Waals surface area contributed by atoms with E-state index >= 15 is 0 Å². The predicted octanol–water partition coefficient (Wildman–Crippen LogP) is 1.76. The first-order valence-electron chi connectivity index (χ1n) is 5.42. The molecule has 2 heterocycles. The zero-order valence-corrected chi connectivity index (χ0v) is 9.51. The molecule has 3 rings (SSSR count).